The topological polar surface area (TPSA) is 49.6 Å². The molecule has 0 aromatic heterocycles. The Morgan fingerprint density at radius 3 is 2.30 bits per heavy atom. The molecule has 1 heterocycles. The highest BCUT2D eigenvalue weighted by Gasteiger charge is 2.28. The molecule has 4 nitrogen and oxygen atoms in total. The quantitative estimate of drug-likeness (QED) is 0.910. The van der Waals surface area contributed by atoms with Crippen molar-refractivity contribution < 1.29 is 4.79 Å². The lowest BCUT2D eigenvalue weighted by Crippen LogP contribution is -2.52. The molecular weight excluding hydrogens is 250 g/mol. The zero-order valence-corrected chi connectivity index (χ0v) is 12.7. The van der Waals surface area contributed by atoms with Crippen LogP contribution in [0.15, 0.2) is 24.3 Å². The number of aryl methyl sites for hydroxylation is 1. The summed E-state index contributed by atoms with van der Waals surface area (Å²) in [4.78, 5) is 15.7. The van der Waals surface area contributed by atoms with Crippen molar-refractivity contribution in [2.45, 2.75) is 32.9 Å². The molecule has 1 aromatic carbocycles. The highest BCUT2D eigenvalue weighted by atomic mass is 16.2. The van der Waals surface area contributed by atoms with Gasteiger partial charge >= 0.3 is 0 Å². The minimum absolute atomic E-state index is 0.0694. The van der Waals surface area contributed by atoms with Crippen molar-refractivity contribution in [3.05, 3.63) is 35.4 Å². The fourth-order valence-electron chi connectivity index (χ4n) is 3.05. The lowest BCUT2D eigenvalue weighted by Gasteiger charge is -2.41. The Hall–Kier alpha value is -1.39. The van der Waals surface area contributed by atoms with Crippen molar-refractivity contribution in [2.75, 3.05) is 26.2 Å². The summed E-state index contributed by atoms with van der Waals surface area (Å²) < 4.78 is 0. The van der Waals surface area contributed by atoms with E-state index in [1.165, 1.54) is 11.1 Å². The summed E-state index contributed by atoms with van der Waals surface area (Å²) in [6.07, 6.45) is 0. The first kappa shape index (κ1) is 15.0. The van der Waals surface area contributed by atoms with Gasteiger partial charge in [0.15, 0.2) is 0 Å². The Balaban J connectivity index is 2.15. The molecule has 1 fully saturated rings. The fraction of sp³-hybridized carbons (Fsp3) is 0.562. The van der Waals surface area contributed by atoms with E-state index in [1.807, 2.05) is 4.90 Å². The Morgan fingerprint density at radius 2 is 1.80 bits per heavy atom. The first-order valence-corrected chi connectivity index (χ1v) is 7.31. The van der Waals surface area contributed by atoms with Crippen LogP contribution in [0.4, 0.5) is 0 Å². The van der Waals surface area contributed by atoms with Crippen LogP contribution >= 0.6 is 0 Å². The molecule has 2 unspecified atom stereocenters. The van der Waals surface area contributed by atoms with E-state index >= 15 is 0 Å². The van der Waals surface area contributed by atoms with Gasteiger partial charge in [0.1, 0.15) is 0 Å². The van der Waals surface area contributed by atoms with Crippen molar-refractivity contribution in [2.24, 2.45) is 5.73 Å². The molecule has 1 aliphatic rings. The maximum absolute atomic E-state index is 11.4. The number of carbonyl (C=O) groups excluding carboxylic acids is 1. The van der Waals surface area contributed by atoms with Crippen molar-refractivity contribution in [1.82, 2.24) is 9.80 Å². The van der Waals surface area contributed by atoms with Crippen LogP contribution in [0.25, 0.3) is 0 Å². The second-order valence-electron chi connectivity index (χ2n) is 5.70. The standard InChI is InChI=1S/C16H25N3O/c1-12-6-4-5-7-15(12)16(13(2)17)19-10-8-18(9-11-19)14(3)20/h4-7,13,16H,8-11,17H2,1-3H3. The van der Waals surface area contributed by atoms with E-state index in [4.69, 9.17) is 5.73 Å². The lowest BCUT2D eigenvalue weighted by molar-refractivity contribution is -0.130. The van der Waals surface area contributed by atoms with Gasteiger partial charge in [-0.15, -0.1) is 0 Å². The van der Waals surface area contributed by atoms with Gasteiger partial charge in [0.25, 0.3) is 0 Å². The molecule has 2 N–H and O–H groups in total. The molecule has 1 saturated heterocycles. The van der Waals surface area contributed by atoms with Gasteiger partial charge < -0.3 is 10.6 Å². The zero-order chi connectivity index (χ0) is 14.7. The number of carbonyl (C=O) groups is 1. The Kier molecular flexibility index (Phi) is 4.78. The van der Waals surface area contributed by atoms with Crippen molar-refractivity contribution in [3.63, 3.8) is 0 Å². The van der Waals surface area contributed by atoms with Crippen molar-refractivity contribution >= 4 is 5.91 Å². The third-order valence-corrected chi connectivity index (χ3v) is 4.16. The summed E-state index contributed by atoms with van der Waals surface area (Å²) in [5.74, 6) is 0.165. The molecule has 110 valence electrons. The van der Waals surface area contributed by atoms with Crippen LogP contribution in [-0.2, 0) is 4.79 Å². The van der Waals surface area contributed by atoms with Crippen LogP contribution in [0.2, 0.25) is 0 Å². The molecule has 20 heavy (non-hydrogen) atoms. The van der Waals surface area contributed by atoms with E-state index in [9.17, 15) is 4.79 Å². The predicted molar refractivity (Wildman–Crippen MR) is 81.4 cm³/mol. The minimum Gasteiger partial charge on any atom is -0.340 e. The summed E-state index contributed by atoms with van der Waals surface area (Å²) >= 11 is 0. The third-order valence-electron chi connectivity index (χ3n) is 4.16. The summed E-state index contributed by atoms with van der Waals surface area (Å²) in [6.45, 7) is 9.21. The molecule has 1 aliphatic heterocycles. The van der Waals surface area contributed by atoms with E-state index in [-0.39, 0.29) is 18.0 Å². The summed E-state index contributed by atoms with van der Waals surface area (Å²) in [7, 11) is 0. The van der Waals surface area contributed by atoms with E-state index in [2.05, 4.69) is 43.0 Å². The number of nitrogens with zero attached hydrogens (tertiary/aromatic N) is 2. The van der Waals surface area contributed by atoms with Crippen molar-refractivity contribution in [1.29, 1.82) is 0 Å². The molecule has 1 amide bonds. The minimum atomic E-state index is 0.0694. The van der Waals surface area contributed by atoms with E-state index in [0.717, 1.165) is 26.2 Å². The van der Waals surface area contributed by atoms with E-state index in [1.54, 1.807) is 6.92 Å². The zero-order valence-electron chi connectivity index (χ0n) is 12.7. The number of amides is 1. The number of hydrogen-bond acceptors (Lipinski definition) is 3. The highest BCUT2D eigenvalue weighted by Crippen LogP contribution is 2.27. The molecule has 2 atom stereocenters. The van der Waals surface area contributed by atoms with Gasteiger partial charge in [-0.25, -0.2) is 0 Å². The van der Waals surface area contributed by atoms with Crippen LogP contribution < -0.4 is 5.73 Å². The molecule has 0 spiro atoms. The highest BCUT2D eigenvalue weighted by molar-refractivity contribution is 5.73. The van der Waals surface area contributed by atoms with Gasteiger partial charge in [0, 0.05) is 39.1 Å². The molecule has 0 radical (unpaired) electrons. The Labute approximate surface area is 121 Å². The monoisotopic (exact) mass is 275 g/mol. The summed E-state index contributed by atoms with van der Waals surface area (Å²) in [5.41, 5.74) is 8.83. The average Bonchev–Trinajstić information content (AvgIpc) is 2.41. The van der Waals surface area contributed by atoms with Gasteiger partial charge in [-0.2, -0.15) is 0 Å². The van der Waals surface area contributed by atoms with Gasteiger partial charge in [-0.3, -0.25) is 9.69 Å². The molecule has 1 aromatic rings. The molecular formula is C16H25N3O. The maximum atomic E-state index is 11.4. The third kappa shape index (κ3) is 3.19. The average molecular weight is 275 g/mol. The number of piperazine rings is 1. The number of benzene rings is 1. The summed E-state index contributed by atoms with van der Waals surface area (Å²) in [6, 6.07) is 8.73. The van der Waals surface area contributed by atoms with Crippen LogP contribution in [0.5, 0.6) is 0 Å². The van der Waals surface area contributed by atoms with E-state index < -0.39 is 0 Å². The van der Waals surface area contributed by atoms with Gasteiger partial charge in [0.05, 0.1) is 6.04 Å². The first-order chi connectivity index (χ1) is 9.50. The van der Waals surface area contributed by atoms with Crippen LogP contribution in [-0.4, -0.2) is 47.9 Å². The van der Waals surface area contributed by atoms with Gasteiger partial charge in [-0.05, 0) is 25.0 Å². The maximum Gasteiger partial charge on any atom is 0.219 e. The Morgan fingerprint density at radius 1 is 1.20 bits per heavy atom. The number of nitrogens with two attached hydrogens (primary N) is 1. The van der Waals surface area contributed by atoms with Gasteiger partial charge in [-0.1, -0.05) is 24.3 Å². The number of hydrogen-bond donors (Lipinski definition) is 1. The largest absolute Gasteiger partial charge is 0.340 e. The molecule has 4 heteroatoms. The molecule has 2 rings (SSSR count). The predicted octanol–water partition coefficient (Wildman–Crippen LogP) is 1.55. The van der Waals surface area contributed by atoms with Crippen LogP contribution in [0.3, 0.4) is 0 Å². The van der Waals surface area contributed by atoms with Crippen molar-refractivity contribution in [3.8, 4) is 0 Å². The fourth-order valence-corrected chi connectivity index (χ4v) is 3.05. The molecule has 0 saturated carbocycles. The second kappa shape index (κ2) is 6.37. The van der Waals surface area contributed by atoms with Crippen LogP contribution in [0.1, 0.15) is 31.0 Å². The smallest absolute Gasteiger partial charge is 0.219 e. The Bertz CT molecular complexity index is 465. The number of rotatable bonds is 3. The molecule has 0 aliphatic carbocycles. The SMILES string of the molecule is CC(=O)N1CCN(C(c2ccccc2C)C(C)N)CC1. The normalized spacial score (nSPS) is 19.7. The first-order valence-electron chi connectivity index (χ1n) is 7.31. The second-order valence-corrected chi connectivity index (χ2v) is 5.70. The van der Waals surface area contributed by atoms with E-state index in [0.29, 0.717) is 0 Å². The van der Waals surface area contributed by atoms with Crippen LogP contribution in [0, 0.1) is 6.92 Å². The summed E-state index contributed by atoms with van der Waals surface area (Å²) in [5, 5.41) is 0. The molecule has 0 bridgehead atoms. The van der Waals surface area contributed by atoms with Gasteiger partial charge in [0.2, 0.25) is 5.91 Å². The lowest BCUT2D eigenvalue weighted by atomic mass is 9.94.